The van der Waals surface area contributed by atoms with E-state index in [0.717, 1.165) is 6.42 Å². The van der Waals surface area contributed by atoms with E-state index >= 15 is 0 Å². The number of carbonyl (C=O) groups excluding carboxylic acids is 1. The van der Waals surface area contributed by atoms with Gasteiger partial charge in [0.25, 0.3) is 0 Å². The summed E-state index contributed by atoms with van der Waals surface area (Å²) in [4.78, 5) is 11.4. The summed E-state index contributed by atoms with van der Waals surface area (Å²) in [5, 5.41) is 9.70. The van der Waals surface area contributed by atoms with Crippen LogP contribution in [0, 0.1) is 0 Å². The van der Waals surface area contributed by atoms with E-state index in [1.54, 1.807) is 0 Å². The Morgan fingerprint density at radius 2 is 2.42 bits per heavy atom. The molecule has 68 valence electrons. The quantitative estimate of drug-likeness (QED) is 0.713. The largest absolute Gasteiger partial charge is 0.388 e. The molecule has 0 amide bonds. The zero-order chi connectivity index (χ0) is 9.14. The molecule has 1 rings (SSSR count). The Balaban J connectivity index is 2.52. The lowest BCUT2D eigenvalue weighted by atomic mass is 10.2. The van der Waals surface area contributed by atoms with E-state index < -0.39 is 6.10 Å². The van der Waals surface area contributed by atoms with Crippen molar-refractivity contribution >= 4 is 16.9 Å². The Kier molecular flexibility index (Phi) is 3.35. The van der Waals surface area contributed by atoms with Crippen molar-refractivity contribution in [3.05, 3.63) is 11.6 Å². The average Bonchev–Trinajstić information content (AvgIpc) is 2.33. The third-order valence-corrected chi connectivity index (χ3v) is 2.66. The Hall–Kier alpha value is -0.280. The minimum atomic E-state index is -0.510. The molecule has 0 heterocycles. The van der Waals surface area contributed by atoms with Gasteiger partial charge in [-0.2, -0.15) is 0 Å². The van der Waals surface area contributed by atoms with Gasteiger partial charge in [-0.3, -0.25) is 4.79 Å². The van der Waals surface area contributed by atoms with Crippen LogP contribution in [0.15, 0.2) is 11.6 Å². The number of hydrogen-bond donors (Lipinski definition) is 1. The van der Waals surface area contributed by atoms with Gasteiger partial charge in [-0.25, -0.2) is 0 Å². The van der Waals surface area contributed by atoms with Crippen LogP contribution in [-0.4, -0.2) is 21.6 Å². The molecule has 1 aliphatic rings. The normalized spacial score (nSPS) is 23.0. The average molecular weight is 186 g/mol. The highest BCUT2D eigenvalue weighted by Crippen LogP contribution is 2.25. The highest BCUT2D eigenvalue weighted by molar-refractivity contribution is 8.14. The van der Waals surface area contributed by atoms with Gasteiger partial charge >= 0.3 is 0 Å². The van der Waals surface area contributed by atoms with Crippen LogP contribution >= 0.6 is 11.8 Å². The van der Waals surface area contributed by atoms with Crippen LogP contribution in [-0.2, 0) is 4.79 Å². The molecule has 0 aromatic rings. The Labute approximate surface area is 77.0 Å². The predicted molar refractivity (Wildman–Crippen MR) is 51.1 cm³/mol. The molecule has 12 heavy (non-hydrogen) atoms. The molecule has 1 N–H and O–H groups in total. The van der Waals surface area contributed by atoms with E-state index in [4.69, 9.17) is 0 Å². The molecule has 1 aliphatic carbocycles. The van der Waals surface area contributed by atoms with Gasteiger partial charge in [0.05, 0.1) is 6.10 Å². The van der Waals surface area contributed by atoms with Gasteiger partial charge in [-0.05, 0) is 12.8 Å². The smallest absolute Gasteiger partial charge is 0.217 e. The van der Waals surface area contributed by atoms with Crippen LogP contribution < -0.4 is 0 Å². The minimum Gasteiger partial charge on any atom is -0.388 e. The topological polar surface area (TPSA) is 37.3 Å². The molecule has 0 aromatic carbocycles. The third kappa shape index (κ3) is 2.35. The fourth-order valence-electron chi connectivity index (χ4n) is 1.19. The first-order valence-corrected chi connectivity index (χ1v) is 5.08. The Morgan fingerprint density at radius 1 is 1.75 bits per heavy atom. The summed E-state index contributed by atoms with van der Waals surface area (Å²) in [5.41, 5.74) is 0.605. The first-order valence-electron chi connectivity index (χ1n) is 4.20. The molecule has 0 fully saturated rings. The second-order valence-corrected chi connectivity index (χ2v) is 4.76. The maximum absolute atomic E-state index is 11.4. The van der Waals surface area contributed by atoms with E-state index in [2.05, 4.69) is 0 Å². The summed E-state index contributed by atoms with van der Waals surface area (Å²) in [7, 11) is 0. The van der Waals surface area contributed by atoms with Crippen LogP contribution in [0.1, 0.15) is 26.7 Å². The van der Waals surface area contributed by atoms with Gasteiger partial charge < -0.3 is 5.11 Å². The van der Waals surface area contributed by atoms with Crippen molar-refractivity contribution in [2.75, 3.05) is 0 Å². The summed E-state index contributed by atoms with van der Waals surface area (Å²) in [6, 6.07) is 0. The van der Waals surface area contributed by atoms with Gasteiger partial charge in [0.1, 0.15) is 0 Å². The van der Waals surface area contributed by atoms with Crippen molar-refractivity contribution in [1.82, 2.24) is 0 Å². The van der Waals surface area contributed by atoms with E-state index in [0.29, 0.717) is 17.2 Å². The number of aliphatic hydroxyl groups is 1. The fourth-order valence-corrected chi connectivity index (χ4v) is 1.97. The van der Waals surface area contributed by atoms with Crippen LogP contribution in [0.2, 0.25) is 0 Å². The van der Waals surface area contributed by atoms with E-state index in [9.17, 15) is 9.90 Å². The number of rotatable bonds is 2. The lowest BCUT2D eigenvalue weighted by Gasteiger charge is -2.07. The van der Waals surface area contributed by atoms with Crippen molar-refractivity contribution in [2.24, 2.45) is 0 Å². The van der Waals surface area contributed by atoms with Crippen molar-refractivity contribution in [1.29, 1.82) is 0 Å². The molecule has 0 bridgehead atoms. The summed E-state index contributed by atoms with van der Waals surface area (Å²) < 4.78 is 0. The van der Waals surface area contributed by atoms with Crippen LogP contribution in [0.3, 0.4) is 0 Å². The summed E-state index contributed by atoms with van der Waals surface area (Å²) in [5.74, 6) is 0. The molecule has 3 heteroatoms. The second-order valence-electron chi connectivity index (χ2n) is 3.21. The standard InChI is InChI=1S/C9H14O2S/c1-6(2)12-9(11)7-4-3-5-8(7)10/h4,6,8,10H,3,5H2,1-2H3. The highest BCUT2D eigenvalue weighted by atomic mass is 32.2. The molecular formula is C9H14O2S. The molecule has 0 aromatic heterocycles. The zero-order valence-corrected chi connectivity index (χ0v) is 8.23. The molecule has 2 nitrogen and oxygen atoms in total. The predicted octanol–water partition coefficient (Wildman–Crippen LogP) is 1.74. The van der Waals surface area contributed by atoms with Gasteiger partial charge in [0.2, 0.25) is 5.12 Å². The SMILES string of the molecule is CC(C)SC(=O)C1=CCCC1O. The second kappa shape index (κ2) is 4.10. The molecule has 0 saturated heterocycles. The minimum absolute atomic E-state index is 0.0370. The molecular weight excluding hydrogens is 172 g/mol. The number of aliphatic hydroxyl groups excluding tert-OH is 1. The maximum atomic E-state index is 11.4. The monoisotopic (exact) mass is 186 g/mol. The highest BCUT2D eigenvalue weighted by Gasteiger charge is 2.23. The molecule has 1 atom stereocenters. The first kappa shape index (κ1) is 9.81. The van der Waals surface area contributed by atoms with Crippen molar-refractivity contribution in [2.45, 2.75) is 38.0 Å². The Bertz CT molecular complexity index is 209. The van der Waals surface area contributed by atoms with Crippen LogP contribution in [0.5, 0.6) is 0 Å². The van der Waals surface area contributed by atoms with Gasteiger partial charge in [0.15, 0.2) is 0 Å². The number of carbonyl (C=O) groups is 1. The fraction of sp³-hybridized carbons (Fsp3) is 0.667. The Morgan fingerprint density at radius 3 is 2.83 bits per heavy atom. The third-order valence-electron chi connectivity index (χ3n) is 1.74. The summed E-state index contributed by atoms with van der Waals surface area (Å²) >= 11 is 1.29. The van der Waals surface area contributed by atoms with Crippen molar-refractivity contribution < 1.29 is 9.90 Å². The number of allylic oxidation sites excluding steroid dienone is 1. The lowest BCUT2D eigenvalue weighted by molar-refractivity contribution is -0.108. The molecule has 0 radical (unpaired) electrons. The van der Waals surface area contributed by atoms with Gasteiger partial charge in [0, 0.05) is 10.8 Å². The van der Waals surface area contributed by atoms with Crippen LogP contribution in [0.4, 0.5) is 0 Å². The molecule has 0 saturated carbocycles. The molecule has 0 aliphatic heterocycles. The summed E-state index contributed by atoms with van der Waals surface area (Å²) in [6.45, 7) is 3.95. The van der Waals surface area contributed by atoms with E-state index in [-0.39, 0.29) is 5.12 Å². The molecule has 1 unspecified atom stereocenters. The number of thioether (sulfide) groups is 1. The lowest BCUT2D eigenvalue weighted by Crippen LogP contribution is -2.12. The van der Waals surface area contributed by atoms with Gasteiger partial charge in [-0.15, -0.1) is 0 Å². The first-order chi connectivity index (χ1) is 5.61. The van der Waals surface area contributed by atoms with Crippen molar-refractivity contribution in [3.63, 3.8) is 0 Å². The van der Waals surface area contributed by atoms with Crippen LogP contribution in [0.25, 0.3) is 0 Å². The van der Waals surface area contributed by atoms with E-state index in [1.165, 1.54) is 11.8 Å². The maximum Gasteiger partial charge on any atom is 0.217 e. The summed E-state index contributed by atoms with van der Waals surface area (Å²) in [6.07, 6.45) is 2.88. The zero-order valence-electron chi connectivity index (χ0n) is 7.41. The van der Waals surface area contributed by atoms with Gasteiger partial charge in [-0.1, -0.05) is 31.7 Å². The van der Waals surface area contributed by atoms with Crippen molar-refractivity contribution in [3.8, 4) is 0 Å². The molecule has 0 spiro atoms. The number of hydrogen-bond acceptors (Lipinski definition) is 3. The van der Waals surface area contributed by atoms with E-state index in [1.807, 2.05) is 19.9 Å².